The maximum absolute atomic E-state index is 13.4. The molecular weight excluding hydrogens is 248 g/mol. The van der Waals surface area contributed by atoms with Crippen LogP contribution in [0.25, 0.3) is 0 Å². The van der Waals surface area contributed by atoms with E-state index in [0.29, 0.717) is 12.6 Å². The summed E-state index contributed by atoms with van der Waals surface area (Å²) in [5.74, 6) is -1.76. The van der Waals surface area contributed by atoms with E-state index < -0.39 is 17.5 Å². The van der Waals surface area contributed by atoms with Gasteiger partial charge in [-0.25, -0.2) is 8.78 Å². The smallest absolute Gasteiger partial charge is 0.257 e. The van der Waals surface area contributed by atoms with Gasteiger partial charge in [-0.2, -0.15) is 0 Å². The second kappa shape index (κ2) is 5.96. The van der Waals surface area contributed by atoms with Gasteiger partial charge in [0.1, 0.15) is 11.6 Å². The molecular formula is C12H14ClF2NO. The molecule has 0 aliphatic rings. The number of rotatable bonds is 4. The number of carbonyl (C=O) groups excluding carboxylic acids is 1. The third-order valence-electron chi connectivity index (χ3n) is 2.37. The Morgan fingerprint density at radius 3 is 2.53 bits per heavy atom. The van der Waals surface area contributed by atoms with Crippen LogP contribution in [0.4, 0.5) is 8.78 Å². The summed E-state index contributed by atoms with van der Waals surface area (Å²) in [5, 5.41) is 0. The summed E-state index contributed by atoms with van der Waals surface area (Å²) in [6.07, 6.45) is 0. The van der Waals surface area contributed by atoms with Gasteiger partial charge in [-0.3, -0.25) is 4.79 Å². The number of nitrogens with zero attached hydrogens (tertiary/aromatic N) is 1. The Balaban J connectivity index is 3.01. The fraction of sp³-hybridized carbons (Fsp3) is 0.417. The molecule has 0 unspecified atom stereocenters. The van der Waals surface area contributed by atoms with Gasteiger partial charge in [0.25, 0.3) is 5.91 Å². The summed E-state index contributed by atoms with van der Waals surface area (Å²) in [6.45, 7) is 3.95. The molecule has 0 saturated heterocycles. The highest BCUT2D eigenvalue weighted by molar-refractivity contribution is 6.18. The number of amides is 1. The second-order valence-electron chi connectivity index (χ2n) is 3.91. The summed E-state index contributed by atoms with van der Waals surface area (Å²) in [6, 6.07) is 2.82. The Hall–Kier alpha value is -1.16. The van der Waals surface area contributed by atoms with E-state index in [1.807, 2.05) is 13.8 Å². The summed E-state index contributed by atoms with van der Waals surface area (Å²) in [7, 11) is 0. The van der Waals surface area contributed by atoms with Gasteiger partial charge < -0.3 is 4.90 Å². The molecule has 94 valence electrons. The lowest BCUT2D eigenvalue weighted by molar-refractivity contribution is 0.0713. The van der Waals surface area contributed by atoms with E-state index in [1.165, 1.54) is 4.90 Å². The van der Waals surface area contributed by atoms with E-state index in [4.69, 9.17) is 11.6 Å². The zero-order chi connectivity index (χ0) is 13.0. The highest BCUT2D eigenvalue weighted by atomic mass is 35.5. The first-order valence-electron chi connectivity index (χ1n) is 5.29. The van der Waals surface area contributed by atoms with Gasteiger partial charge in [0.15, 0.2) is 0 Å². The van der Waals surface area contributed by atoms with Crippen LogP contribution in [-0.2, 0) is 0 Å². The standard InChI is InChI=1S/C12H14ClF2NO/c1-8(2)16(6-5-13)12(17)10-4-3-9(14)7-11(10)15/h3-4,7-8H,5-6H2,1-2H3. The zero-order valence-corrected chi connectivity index (χ0v) is 10.5. The first-order chi connectivity index (χ1) is 7.97. The van der Waals surface area contributed by atoms with Gasteiger partial charge in [0.2, 0.25) is 0 Å². The van der Waals surface area contributed by atoms with Crippen molar-refractivity contribution in [2.75, 3.05) is 12.4 Å². The van der Waals surface area contributed by atoms with Crippen LogP contribution < -0.4 is 0 Å². The van der Waals surface area contributed by atoms with Gasteiger partial charge in [0.05, 0.1) is 5.56 Å². The normalized spacial score (nSPS) is 10.7. The molecule has 0 aliphatic heterocycles. The van der Waals surface area contributed by atoms with Gasteiger partial charge in [-0.05, 0) is 26.0 Å². The minimum absolute atomic E-state index is 0.0919. The van der Waals surface area contributed by atoms with Crippen LogP contribution >= 0.6 is 11.6 Å². The summed E-state index contributed by atoms with van der Waals surface area (Å²) < 4.78 is 26.2. The molecule has 1 rings (SSSR count). The summed E-state index contributed by atoms with van der Waals surface area (Å²) in [4.78, 5) is 13.5. The van der Waals surface area contributed by atoms with E-state index in [-0.39, 0.29) is 17.5 Å². The molecule has 0 fully saturated rings. The second-order valence-corrected chi connectivity index (χ2v) is 4.28. The fourth-order valence-corrected chi connectivity index (χ4v) is 1.69. The van der Waals surface area contributed by atoms with Crippen LogP contribution in [0.5, 0.6) is 0 Å². The summed E-state index contributed by atoms with van der Waals surface area (Å²) in [5.41, 5.74) is -0.134. The van der Waals surface area contributed by atoms with Crippen LogP contribution in [0.2, 0.25) is 0 Å². The molecule has 0 saturated carbocycles. The lowest BCUT2D eigenvalue weighted by Gasteiger charge is -2.26. The third kappa shape index (κ3) is 3.40. The Morgan fingerprint density at radius 1 is 1.41 bits per heavy atom. The molecule has 0 aromatic heterocycles. The maximum Gasteiger partial charge on any atom is 0.257 e. The van der Waals surface area contributed by atoms with Crippen molar-refractivity contribution < 1.29 is 13.6 Å². The topological polar surface area (TPSA) is 20.3 Å². The van der Waals surface area contributed by atoms with E-state index in [1.54, 1.807) is 0 Å². The van der Waals surface area contributed by atoms with E-state index in [2.05, 4.69) is 0 Å². The van der Waals surface area contributed by atoms with Crippen LogP contribution in [-0.4, -0.2) is 29.3 Å². The van der Waals surface area contributed by atoms with E-state index in [0.717, 1.165) is 12.1 Å². The molecule has 0 radical (unpaired) electrons. The van der Waals surface area contributed by atoms with Gasteiger partial charge in [-0.15, -0.1) is 11.6 Å². The highest BCUT2D eigenvalue weighted by Crippen LogP contribution is 2.14. The van der Waals surface area contributed by atoms with Crippen molar-refractivity contribution in [3.63, 3.8) is 0 Å². The Labute approximate surface area is 104 Å². The molecule has 17 heavy (non-hydrogen) atoms. The first kappa shape index (κ1) is 13.9. The van der Waals surface area contributed by atoms with Crippen molar-refractivity contribution in [3.05, 3.63) is 35.4 Å². The number of hydrogen-bond acceptors (Lipinski definition) is 1. The Morgan fingerprint density at radius 2 is 2.06 bits per heavy atom. The molecule has 5 heteroatoms. The average molecular weight is 262 g/mol. The summed E-state index contributed by atoms with van der Waals surface area (Å²) >= 11 is 5.59. The molecule has 0 spiro atoms. The molecule has 1 amide bonds. The Bertz CT molecular complexity index is 409. The van der Waals surface area contributed by atoms with Crippen molar-refractivity contribution in [2.24, 2.45) is 0 Å². The van der Waals surface area contributed by atoms with E-state index in [9.17, 15) is 13.6 Å². The predicted octanol–water partition coefficient (Wildman–Crippen LogP) is 3.05. The van der Waals surface area contributed by atoms with Crippen molar-refractivity contribution in [1.82, 2.24) is 4.90 Å². The number of carbonyl (C=O) groups is 1. The predicted molar refractivity (Wildman–Crippen MR) is 63.3 cm³/mol. The van der Waals surface area contributed by atoms with Crippen LogP contribution in [0.15, 0.2) is 18.2 Å². The maximum atomic E-state index is 13.4. The van der Waals surface area contributed by atoms with Crippen LogP contribution in [0.1, 0.15) is 24.2 Å². The van der Waals surface area contributed by atoms with Crippen molar-refractivity contribution in [1.29, 1.82) is 0 Å². The molecule has 0 aliphatic carbocycles. The number of hydrogen-bond donors (Lipinski definition) is 0. The lowest BCUT2D eigenvalue weighted by atomic mass is 10.1. The van der Waals surface area contributed by atoms with Crippen molar-refractivity contribution in [3.8, 4) is 0 Å². The molecule has 2 nitrogen and oxygen atoms in total. The van der Waals surface area contributed by atoms with Gasteiger partial charge in [-0.1, -0.05) is 0 Å². The SMILES string of the molecule is CC(C)N(CCCl)C(=O)c1ccc(F)cc1F. The molecule has 0 bridgehead atoms. The molecule has 1 aromatic carbocycles. The molecule has 0 heterocycles. The fourth-order valence-electron chi connectivity index (χ4n) is 1.50. The quantitative estimate of drug-likeness (QED) is 0.763. The third-order valence-corrected chi connectivity index (χ3v) is 2.54. The van der Waals surface area contributed by atoms with Gasteiger partial charge >= 0.3 is 0 Å². The largest absolute Gasteiger partial charge is 0.335 e. The van der Waals surface area contributed by atoms with Crippen molar-refractivity contribution in [2.45, 2.75) is 19.9 Å². The number of halogens is 3. The van der Waals surface area contributed by atoms with Crippen molar-refractivity contribution >= 4 is 17.5 Å². The van der Waals surface area contributed by atoms with E-state index >= 15 is 0 Å². The number of benzene rings is 1. The average Bonchev–Trinajstić information content (AvgIpc) is 2.24. The number of alkyl halides is 1. The molecule has 0 N–H and O–H groups in total. The minimum Gasteiger partial charge on any atom is -0.335 e. The zero-order valence-electron chi connectivity index (χ0n) is 9.71. The minimum atomic E-state index is -0.852. The highest BCUT2D eigenvalue weighted by Gasteiger charge is 2.21. The van der Waals surface area contributed by atoms with Crippen LogP contribution in [0, 0.1) is 11.6 Å². The first-order valence-corrected chi connectivity index (χ1v) is 5.82. The monoisotopic (exact) mass is 261 g/mol. The molecule has 1 aromatic rings. The van der Waals surface area contributed by atoms with Gasteiger partial charge in [0, 0.05) is 24.5 Å². The Kier molecular flexibility index (Phi) is 4.87. The molecule has 0 atom stereocenters. The lowest BCUT2D eigenvalue weighted by Crippen LogP contribution is -2.38. The van der Waals surface area contributed by atoms with Crippen LogP contribution in [0.3, 0.4) is 0 Å².